The SMILES string of the molecule is CCN(CCC(=O)N1CCCC1)CC(F)F.NC(=O)c1ccc2ccc(C(F)[P+](=O)O)cc2c1.O=CN1CCC(c2cc(F)cc(F)c2)C1.OF. The van der Waals surface area contributed by atoms with Gasteiger partial charge in [-0.3, -0.25) is 19.3 Å². The van der Waals surface area contributed by atoms with E-state index >= 15 is 0 Å². The number of carbonyl (C=O) groups excluding carboxylic acids is 3. The molecule has 2 fully saturated rings. The van der Waals surface area contributed by atoms with Gasteiger partial charge in [-0.2, -0.15) is 9.28 Å². The highest BCUT2D eigenvalue weighted by atomic mass is 31.1. The molecule has 3 aromatic rings. The molecule has 2 heterocycles. The van der Waals surface area contributed by atoms with Gasteiger partial charge in [-0.25, -0.2) is 22.9 Å². The second kappa shape index (κ2) is 22.0. The minimum Gasteiger partial charge on any atom is -0.366 e. The Labute approximate surface area is 292 Å². The maximum atomic E-state index is 13.4. The number of rotatable bonds is 11. The Morgan fingerprint density at radius 3 is 2.14 bits per heavy atom. The molecule has 3 atom stereocenters. The molecule has 2 aliphatic heterocycles. The van der Waals surface area contributed by atoms with Crippen LogP contribution in [0.15, 0.2) is 54.6 Å². The van der Waals surface area contributed by atoms with Crippen molar-refractivity contribution in [3.05, 3.63) is 82.9 Å². The van der Waals surface area contributed by atoms with Crippen LogP contribution >= 0.6 is 8.03 Å². The van der Waals surface area contributed by atoms with Gasteiger partial charge in [-0.05, 0) is 77.0 Å². The molecule has 51 heavy (non-hydrogen) atoms. The summed E-state index contributed by atoms with van der Waals surface area (Å²) in [7, 11) is -2.92. The number of benzene rings is 3. The standard InChI is InChI=1S/C12H9FNO3P.C11H20F2N2O.C11H11F2NO.FHO/c13-11(18(16)17)8-3-1-7-2-4-9(12(14)15)6-10(7)5-8;1-2-14(9-10(12)13)8-5-11(16)15-6-3-4-7-15;12-10-3-9(4-11(13)5-10)8-1-2-14(6-8)7-15;1-2/h1-6,11H,(H2-,14,15,16,17);10H,2-9H2,1H3;3-5,7-8H,1-2,6H2;2H/p+1. The van der Waals surface area contributed by atoms with Crippen LogP contribution < -0.4 is 5.73 Å². The van der Waals surface area contributed by atoms with Crippen LogP contribution in [0.4, 0.5) is 26.5 Å². The third kappa shape index (κ3) is 14.2. The number of nitrogens with two attached hydrogens (primary N) is 1. The topological polar surface area (TPSA) is 144 Å². The van der Waals surface area contributed by atoms with E-state index in [1.54, 1.807) is 28.0 Å². The van der Waals surface area contributed by atoms with Crippen LogP contribution in [0, 0.1) is 11.6 Å². The van der Waals surface area contributed by atoms with Crippen LogP contribution in [0.25, 0.3) is 10.8 Å². The first-order valence-electron chi connectivity index (χ1n) is 16.0. The van der Waals surface area contributed by atoms with Crippen molar-refractivity contribution in [2.45, 2.75) is 50.9 Å². The van der Waals surface area contributed by atoms with Gasteiger partial charge in [0.25, 0.3) is 6.43 Å². The zero-order valence-corrected chi connectivity index (χ0v) is 28.8. The summed E-state index contributed by atoms with van der Waals surface area (Å²) >= 11 is 0. The number of hydrogen-bond donors (Lipinski definition) is 3. The number of hydrogen-bond acceptors (Lipinski definition) is 6. The van der Waals surface area contributed by atoms with Crippen molar-refractivity contribution in [2.75, 3.05) is 45.8 Å². The number of halogens is 6. The minimum absolute atomic E-state index is 0.0559. The van der Waals surface area contributed by atoms with Gasteiger partial charge in [0.1, 0.15) is 11.6 Å². The van der Waals surface area contributed by atoms with Crippen LogP contribution in [0.5, 0.6) is 0 Å². The lowest BCUT2D eigenvalue weighted by molar-refractivity contribution is -0.130. The third-order valence-electron chi connectivity index (χ3n) is 8.29. The van der Waals surface area contributed by atoms with Gasteiger partial charge >= 0.3 is 13.9 Å². The normalized spacial score (nSPS) is 16.1. The number of amides is 3. The van der Waals surface area contributed by atoms with Crippen LogP contribution in [0.2, 0.25) is 0 Å². The molecular weight excluding hydrogens is 705 g/mol. The number of alkyl halides is 3. The molecule has 5 rings (SSSR count). The quantitative estimate of drug-likeness (QED) is 0.124. The fourth-order valence-electron chi connectivity index (χ4n) is 5.61. The zero-order chi connectivity index (χ0) is 38.1. The fourth-order valence-corrected chi connectivity index (χ4v) is 6.03. The van der Waals surface area contributed by atoms with E-state index in [1.165, 1.54) is 30.3 Å². The predicted octanol–water partition coefficient (Wildman–Crippen LogP) is 6.00. The van der Waals surface area contributed by atoms with E-state index < -0.39 is 37.9 Å². The number of carbonyl (C=O) groups is 3. The van der Waals surface area contributed by atoms with Gasteiger partial charge in [0.2, 0.25) is 18.2 Å². The van der Waals surface area contributed by atoms with E-state index in [1.807, 2.05) is 11.8 Å². The summed E-state index contributed by atoms with van der Waals surface area (Å²) in [6.07, 6.45) is 1.72. The maximum Gasteiger partial charge on any atom is 0.547 e. The van der Waals surface area contributed by atoms with E-state index in [0.29, 0.717) is 49.1 Å². The van der Waals surface area contributed by atoms with Crippen LogP contribution in [0.3, 0.4) is 0 Å². The number of primary amides is 1. The summed E-state index contributed by atoms with van der Waals surface area (Å²) in [5.74, 6) is -3.47. The average molecular weight is 748 g/mol. The number of likely N-dealkylation sites (tertiary alicyclic amines) is 2. The summed E-state index contributed by atoms with van der Waals surface area (Å²) in [5.41, 5.74) is 6.20. The highest BCUT2D eigenvalue weighted by Gasteiger charge is 2.30. The van der Waals surface area contributed by atoms with Crippen LogP contribution in [-0.4, -0.2) is 95.4 Å². The Balaban J connectivity index is 0.000000260. The summed E-state index contributed by atoms with van der Waals surface area (Å²) in [6, 6.07) is 12.8. The van der Waals surface area contributed by atoms with E-state index in [4.69, 9.17) is 20.5 Å². The van der Waals surface area contributed by atoms with Crippen molar-refractivity contribution in [1.82, 2.24) is 14.7 Å². The van der Waals surface area contributed by atoms with Gasteiger partial charge in [0, 0.05) is 62.3 Å². The summed E-state index contributed by atoms with van der Waals surface area (Å²) < 4.78 is 82.8. The van der Waals surface area contributed by atoms with Crippen molar-refractivity contribution >= 4 is 37.0 Å². The molecule has 0 aliphatic carbocycles. The molecule has 0 radical (unpaired) electrons. The number of nitrogens with zero attached hydrogens (tertiary/aromatic N) is 3. The highest BCUT2D eigenvalue weighted by molar-refractivity contribution is 7.38. The first-order valence-corrected chi connectivity index (χ1v) is 17.3. The zero-order valence-electron chi connectivity index (χ0n) is 27.9. The van der Waals surface area contributed by atoms with E-state index in [-0.39, 0.29) is 23.9 Å². The van der Waals surface area contributed by atoms with Gasteiger partial charge < -0.3 is 15.5 Å². The average Bonchev–Trinajstić information content (AvgIpc) is 3.83. The predicted molar refractivity (Wildman–Crippen MR) is 179 cm³/mol. The van der Waals surface area contributed by atoms with E-state index in [0.717, 1.165) is 50.2 Å². The van der Waals surface area contributed by atoms with Crippen LogP contribution in [0.1, 0.15) is 65.9 Å². The van der Waals surface area contributed by atoms with Crippen molar-refractivity contribution in [1.29, 1.82) is 0 Å². The lowest BCUT2D eigenvalue weighted by Gasteiger charge is -2.21. The summed E-state index contributed by atoms with van der Waals surface area (Å²) in [4.78, 5) is 47.0. The lowest BCUT2D eigenvalue weighted by Crippen LogP contribution is -2.34. The Bertz CT molecular complexity index is 1580. The Morgan fingerprint density at radius 2 is 1.61 bits per heavy atom. The lowest BCUT2D eigenvalue weighted by atomic mass is 9.98. The van der Waals surface area contributed by atoms with Gasteiger partial charge in [0.05, 0.1) is 6.54 Å². The van der Waals surface area contributed by atoms with Crippen LogP contribution in [-0.2, 0) is 14.2 Å². The van der Waals surface area contributed by atoms with Crippen molar-refractivity contribution in [2.24, 2.45) is 5.73 Å². The third-order valence-corrected chi connectivity index (χ3v) is 8.97. The van der Waals surface area contributed by atoms with E-state index in [2.05, 4.69) is 0 Å². The molecule has 10 nitrogen and oxygen atoms in total. The van der Waals surface area contributed by atoms with Crippen molar-refractivity contribution in [3.63, 3.8) is 0 Å². The highest BCUT2D eigenvalue weighted by Crippen LogP contribution is 2.39. The van der Waals surface area contributed by atoms with Crippen molar-refractivity contribution in [3.8, 4) is 0 Å². The first-order chi connectivity index (χ1) is 24.3. The van der Waals surface area contributed by atoms with Crippen molar-refractivity contribution < 1.29 is 55.6 Å². The molecule has 0 bridgehead atoms. The number of fused-ring (bicyclic) bond motifs is 1. The molecule has 0 saturated carbocycles. The van der Waals surface area contributed by atoms with Gasteiger partial charge in [-0.15, -0.1) is 0 Å². The molecule has 2 saturated heterocycles. The molecule has 2 aliphatic rings. The summed E-state index contributed by atoms with van der Waals surface area (Å²) in [6.45, 7) is 5.48. The first kappa shape index (κ1) is 43.1. The molecule has 3 aromatic carbocycles. The monoisotopic (exact) mass is 747 g/mol. The molecule has 3 amide bonds. The largest absolute Gasteiger partial charge is 0.547 e. The maximum absolute atomic E-state index is 13.4. The molecule has 4 N–H and O–H groups in total. The second-order valence-electron chi connectivity index (χ2n) is 11.7. The Hall–Kier alpha value is -4.11. The molecule has 280 valence electrons. The molecular formula is C34H42F6N4O6P+. The summed E-state index contributed by atoms with van der Waals surface area (Å²) in [5, 5.41) is 6.90. The molecule has 0 spiro atoms. The molecule has 3 unspecified atom stereocenters. The molecule has 17 heteroatoms. The van der Waals surface area contributed by atoms with E-state index in [9.17, 15) is 40.9 Å². The minimum atomic E-state index is -2.92. The second-order valence-corrected chi connectivity index (χ2v) is 12.8. The smallest absolute Gasteiger partial charge is 0.366 e. The Kier molecular flexibility index (Phi) is 18.5. The van der Waals surface area contributed by atoms with Gasteiger partial charge in [-0.1, -0.05) is 29.6 Å². The molecule has 0 aromatic heterocycles. The van der Waals surface area contributed by atoms with Gasteiger partial charge in [0.15, 0.2) is 0 Å². The fraction of sp³-hybridized carbons (Fsp3) is 0.441. The Morgan fingerprint density at radius 1 is 0.980 bits per heavy atom.